The first-order valence-corrected chi connectivity index (χ1v) is 8.53. The first kappa shape index (κ1) is 12.8. The van der Waals surface area contributed by atoms with Gasteiger partial charge in [0.25, 0.3) is 0 Å². The van der Waals surface area contributed by atoms with E-state index in [0.717, 1.165) is 11.7 Å². The first-order valence-electron chi connectivity index (χ1n) is 8.53. The topological polar surface area (TPSA) is 9.23 Å². The van der Waals surface area contributed by atoms with Crippen molar-refractivity contribution in [1.82, 2.24) is 0 Å². The summed E-state index contributed by atoms with van der Waals surface area (Å²) in [5, 5.41) is 2.68. The third-order valence-corrected chi connectivity index (χ3v) is 6.45. The van der Waals surface area contributed by atoms with Gasteiger partial charge in [0.2, 0.25) is 0 Å². The summed E-state index contributed by atoms with van der Waals surface area (Å²) in [4.78, 5) is 0. The molecular formula is C21H22O. The second-order valence-corrected chi connectivity index (χ2v) is 7.55. The molecule has 1 nitrogen and oxygen atoms in total. The van der Waals surface area contributed by atoms with Crippen LogP contribution in [-0.2, 0) is 12.8 Å². The predicted octanol–water partition coefficient (Wildman–Crippen LogP) is 5.06. The fourth-order valence-electron chi connectivity index (χ4n) is 5.24. The van der Waals surface area contributed by atoms with Crippen molar-refractivity contribution in [3.63, 3.8) is 0 Å². The lowest BCUT2D eigenvalue weighted by Crippen LogP contribution is -2.33. The Morgan fingerprint density at radius 2 is 1.95 bits per heavy atom. The molecule has 2 atom stereocenters. The van der Waals surface area contributed by atoms with Gasteiger partial charge in [0.15, 0.2) is 0 Å². The fourth-order valence-corrected chi connectivity index (χ4v) is 5.24. The Labute approximate surface area is 132 Å². The Bertz CT molecular complexity index is 801. The third-order valence-electron chi connectivity index (χ3n) is 6.45. The minimum atomic E-state index is 0.594. The molecule has 1 heteroatoms. The average Bonchev–Trinajstić information content (AvgIpc) is 3.13. The van der Waals surface area contributed by atoms with Gasteiger partial charge in [-0.15, -0.1) is 0 Å². The van der Waals surface area contributed by atoms with Crippen molar-refractivity contribution in [2.75, 3.05) is 7.11 Å². The van der Waals surface area contributed by atoms with Gasteiger partial charge in [0.05, 0.1) is 7.11 Å². The van der Waals surface area contributed by atoms with Crippen molar-refractivity contribution in [3.8, 4) is 5.75 Å². The van der Waals surface area contributed by atoms with Crippen LogP contribution in [0.15, 0.2) is 42.0 Å². The molecule has 2 bridgehead atoms. The van der Waals surface area contributed by atoms with Gasteiger partial charge >= 0.3 is 0 Å². The first-order chi connectivity index (χ1) is 10.8. The van der Waals surface area contributed by atoms with E-state index in [0.29, 0.717) is 5.41 Å². The van der Waals surface area contributed by atoms with E-state index in [9.17, 15) is 0 Å². The van der Waals surface area contributed by atoms with Crippen LogP contribution in [0.5, 0.6) is 5.75 Å². The van der Waals surface area contributed by atoms with Crippen LogP contribution >= 0.6 is 0 Å². The minimum absolute atomic E-state index is 0.594. The number of methoxy groups -OCH3 is 1. The molecule has 0 heterocycles. The molecule has 0 radical (unpaired) electrons. The molecule has 0 amide bonds. The molecule has 3 aliphatic carbocycles. The lowest BCUT2D eigenvalue weighted by atomic mass is 9.64. The van der Waals surface area contributed by atoms with Crippen molar-refractivity contribution in [1.29, 1.82) is 0 Å². The molecule has 1 spiro atoms. The molecule has 0 aliphatic heterocycles. The van der Waals surface area contributed by atoms with Crippen molar-refractivity contribution in [2.45, 2.75) is 38.5 Å². The molecule has 1 saturated carbocycles. The Morgan fingerprint density at radius 3 is 2.73 bits per heavy atom. The van der Waals surface area contributed by atoms with Crippen LogP contribution in [0.4, 0.5) is 0 Å². The van der Waals surface area contributed by atoms with E-state index in [-0.39, 0.29) is 0 Å². The number of ether oxygens (including phenoxy) is 1. The zero-order chi connectivity index (χ0) is 14.7. The van der Waals surface area contributed by atoms with Crippen LogP contribution in [0.3, 0.4) is 0 Å². The second-order valence-electron chi connectivity index (χ2n) is 7.55. The molecule has 3 aliphatic rings. The smallest absolute Gasteiger partial charge is 0.119 e. The van der Waals surface area contributed by atoms with Crippen molar-refractivity contribution in [3.05, 3.63) is 53.1 Å². The molecule has 2 aromatic rings. The number of benzene rings is 2. The molecule has 5 rings (SSSR count). The van der Waals surface area contributed by atoms with Gasteiger partial charge in [0.1, 0.15) is 5.75 Å². The second kappa shape index (κ2) is 4.38. The number of aryl methyl sites for hydroxylation is 1. The molecule has 1 fully saturated rings. The molecule has 2 aromatic carbocycles. The van der Waals surface area contributed by atoms with Gasteiger partial charge in [-0.25, -0.2) is 0 Å². The van der Waals surface area contributed by atoms with Crippen molar-refractivity contribution in [2.24, 2.45) is 11.3 Å². The van der Waals surface area contributed by atoms with Gasteiger partial charge in [0, 0.05) is 0 Å². The summed E-state index contributed by atoms with van der Waals surface area (Å²) in [6, 6.07) is 11.3. The maximum absolute atomic E-state index is 5.37. The van der Waals surface area contributed by atoms with Crippen LogP contribution in [0, 0.1) is 11.3 Å². The van der Waals surface area contributed by atoms with Crippen LogP contribution in [0.2, 0.25) is 0 Å². The lowest BCUT2D eigenvalue weighted by molar-refractivity contribution is 0.169. The number of allylic oxidation sites excluding steroid dienone is 2. The van der Waals surface area contributed by atoms with Crippen molar-refractivity contribution < 1.29 is 4.74 Å². The monoisotopic (exact) mass is 290 g/mol. The van der Waals surface area contributed by atoms with Crippen molar-refractivity contribution >= 4 is 10.8 Å². The van der Waals surface area contributed by atoms with Gasteiger partial charge < -0.3 is 4.74 Å². The number of fused-ring (bicyclic) bond motifs is 5. The fraction of sp³-hybridized carbons (Fsp3) is 0.429. The van der Waals surface area contributed by atoms with Crippen LogP contribution in [0.25, 0.3) is 10.8 Å². The average molecular weight is 290 g/mol. The SMILES string of the molecule is COc1ccc2cc3c(cc2c1)CCC1(CC2=CCC1C2)C3. The largest absolute Gasteiger partial charge is 0.497 e. The number of hydrogen-bond donors (Lipinski definition) is 0. The Hall–Kier alpha value is -1.76. The normalized spacial score (nSPS) is 29.0. The summed E-state index contributed by atoms with van der Waals surface area (Å²) in [5.74, 6) is 1.89. The zero-order valence-electron chi connectivity index (χ0n) is 13.2. The molecule has 2 unspecified atom stereocenters. The Balaban J connectivity index is 1.57. The molecule has 112 valence electrons. The van der Waals surface area contributed by atoms with E-state index in [4.69, 9.17) is 4.74 Å². The van der Waals surface area contributed by atoms with Gasteiger partial charge in [-0.1, -0.05) is 29.8 Å². The summed E-state index contributed by atoms with van der Waals surface area (Å²) < 4.78 is 5.37. The maximum atomic E-state index is 5.37. The highest BCUT2D eigenvalue weighted by Crippen LogP contribution is 2.58. The summed E-state index contributed by atoms with van der Waals surface area (Å²) in [6.45, 7) is 0. The highest BCUT2D eigenvalue weighted by Gasteiger charge is 2.48. The van der Waals surface area contributed by atoms with Gasteiger partial charge in [-0.2, -0.15) is 0 Å². The van der Waals surface area contributed by atoms with Crippen LogP contribution in [-0.4, -0.2) is 7.11 Å². The third kappa shape index (κ3) is 1.71. The predicted molar refractivity (Wildman–Crippen MR) is 90.4 cm³/mol. The van der Waals surface area contributed by atoms with E-state index in [2.05, 4.69) is 36.4 Å². The lowest BCUT2D eigenvalue weighted by Gasteiger charge is -2.40. The number of rotatable bonds is 1. The van der Waals surface area contributed by atoms with Crippen LogP contribution < -0.4 is 4.74 Å². The molecular weight excluding hydrogens is 268 g/mol. The molecule has 22 heavy (non-hydrogen) atoms. The van der Waals surface area contributed by atoms with E-state index < -0.39 is 0 Å². The van der Waals surface area contributed by atoms with Gasteiger partial charge in [-0.05, 0) is 83.9 Å². The Morgan fingerprint density at radius 1 is 1.05 bits per heavy atom. The maximum Gasteiger partial charge on any atom is 0.119 e. The molecule has 0 N–H and O–H groups in total. The quantitative estimate of drug-likeness (QED) is 0.667. The molecule has 0 aromatic heterocycles. The summed E-state index contributed by atoms with van der Waals surface area (Å²) >= 11 is 0. The van der Waals surface area contributed by atoms with E-state index in [1.54, 1.807) is 23.8 Å². The van der Waals surface area contributed by atoms with E-state index in [1.165, 1.54) is 49.3 Å². The highest BCUT2D eigenvalue weighted by molar-refractivity contribution is 5.85. The number of hydrogen-bond acceptors (Lipinski definition) is 1. The zero-order valence-corrected chi connectivity index (χ0v) is 13.2. The summed E-state index contributed by atoms with van der Waals surface area (Å²) in [5.41, 5.74) is 5.52. The Kier molecular flexibility index (Phi) is 2.54. The standard InChI is InChI=1S/C21H22O/c1-22-20-5-3-15-10-18-13-21(12-14-2-4-19(21)8-14)7-6-16(18)9-17(15)11-20/h2-3,5,9-11,19H,4,6-8,12-13H2,1H3. The highest BCUT2D eigenvalue weighted by atomic mass is 16.5. The van der Waals surface area contributed by atoms with E-state index in [1.807, 2.05) is 0 Å². The molecule has 0 saturated heterocycles. The van der Waals surface area contributed by atoms with E-state index >= 15 is 0 Å². The van der Waals surface area contributed by atoms with Crippen LogP contribution in [0.1, 0.15) is 36.8 Å². The van der Waals surface area contributed by atoms with Gasteiger partial charge in [-0.3, -0.25) is 0 Å². The summed E-state index contributed by atoms with van der Waals surface area (Å²) in [7, 11) is 1.74. The minimum Gasteiger partial charge on any atom is -0.497 e. The summed E-state index contributed by atoms with van der Waals surface area (Å²) in [6.07, 6.45) is 10.6.